The number of fused-ring (bicyclic) bond motifs is 1. The summed E-state index contributed by atoms with van der Waals surface area (Å²) in [6.45, 7) is 6.49. The minimum Gasteiger partial charge on any atom is -0.326 e. The summed E-state index contributed by atoms with van der Waals surface area (Å²) in [5.74, 6) is 0.514. The van der Waals surface area contributed by atoms with Crippen molar-refractivity contribution in [2.24, 2.45) is 0 Å². The average molecular weight is 382 g/mol. The van der Waals surface area contributed by atoms with Crippen LogP contribution in [0.2, 0.25) is 0 Å². The van der Waals surface area contributed by atoms with Crippen LogP contribution in [0.15, 0.2) is 52.4 Å². The normalized spacial score (nSPS) is 10.9. The van der Waals surface area contributed by atoms with Crippen LogP contribution in [-0.4, -0.2) is 21.2 Å². The highest BCUT2D eigenvalue weighted by molar-refractivity contribution is 7.99. The minimum absolute atomic E-state index is 0.0368. The van der Waals surface area contributed by atoms with Crippen molar-refractivity contribution in [2.75, 3.05) is 11.1 Å². The maximum absolute atomic E-state index is 12.6. The van der Waals surface area contributed by atoms with Gasteiger partial charge in [-0.15, -0.1) is 0 Å². The molecule has 1 N–H and O–H groups in total. The maximum atomic E-state index is 12.6. The zero-order chi connectivity index (χ0) is 19.4. The first-order valence-corrected chi connectivity index (χ1v) is 9.97. The van der Waals surface area contributed by atoms with Crippen LogP contribution >= 0.6 is 11.8 Å². The Bertz CT molecular complexity index is 1020. The first-order chi connectivity index (χ1) is 13.0. The summed E-state index contributed by atoms with van der Waals surface area (Å²) < 4.78 is 1.66. The fraction of sp³-hybridized carbons (Fsp3) is 0.286. The first-order valence-electron chi connectivity index (χ1n) is 8.98. The van der Waals surface area contributed by atoms with Crippen molar-refractivity contribution in [3.05, 3.63) is 63.9 Å². The van der Waals surface area contributed by atoms with Crippen LogP contribution < -0.4 is 10.9 Å². The number of aromatic nitrogens is 2. The molecule has 0 aliphatic rings. The van der Waals surface area contributed by atoms with Gasteiger partial charge in [0.05, 0.1) is 10.9 Å². The number of benzene rings is 2. The SMILES string of the molecule is CCn1c(SCCC(=O)Nc2cc(C)cc(C)c2)nc2ccccc2c1=O. The van der Waals surface area contributed by atoms with E-state index in [4.69, 9.17) is 0 Å². The Labute approximate surface area is 162 Å². The zero-order valence-electron chi connectivity index (χ0n) is 15.8. The Morgan fingerprint density at radius 2 is 1.85 bits per heavy atom. The van der Waals surface area contributed by atoms with Crippen LogP contribution in [0.4, 0.5) is 5.69 Å². The second-order valence-corrected chi connectivity index (χ2v) is 7.55. The molecule has 1 amide bonds. The van der Waals surface area contributed by atoms with Crippen molar-refractivity contribution in [1.82, 2.24) is 9.55 Å². The number of rotatable bonds is 6. The van der Waals surface area contributed by atoms with Gasteiger partial charge in [-0.3, -0.25) is 14.2 Å². The monoisotopic (exact) mass is 381 g/mol. The zero-order valence-corrected chi connectivity index (χ0v) is 16.6. The van der Waals surface area contributed by atoms with Gasteiger partial charge in [-0.1, -0.05) is 30.0 Å². The summed E-state index contributed by atoms with van der Waals surface area (Å²) >= 11 is 1.44. The van der Waals surface area contributed by atoms with Crippen LogP contribution in [-0.2, 0) is 11.3 Å². The standard InChI is InChI=1S/C21H23N3O2S/c1-4-24-20(26)17-7-5-6-8-18(17)23-21(24)27-10-9-19(25)22-16-12-14(2)11-15(3)13-16/h5-8,11-13H,4,9-10H2,1-3H3,(H,22,25). The van der Waals surface area contributed by atoms with Crippen molar-refractivity contribution in [1.29, 1.82) is 0 Å². The Morgan fingerprint density at radius 1 is 1.15 bits per heavy atom. The van der Waals surface area contributed by atoms with E-state index in [0.29, 0.717) is 34.8 Å². The van der Waals surface area contributed by atoms with Crippen LogP contribution in [0.5, 0.6) is 0 Å². The third-order valence-electron chi connectivity index (χ3n) is 4.21. The molecule has 0 saturated heterocycles. The first kappa shape index (κ1) is 19.2. The van der Waals surface area contributed by atoms with Crippen molar-refractivity contribution in [3.8, 4) is 0 Å². The predicted octanol–water partition coefficient (Wildman–Crippen LogP) is 4.15. The Balaban J connectivity index is 1.68. The van der Waals surface area contributed by atoms with E-state index in [1.54, 1.807) is 10.6 Å². The Hall–Kier alpha value is -2.60. The van der Waals surface area contributed by atoms with E-state index in [1.165, 1.54) is 11.8 Å². The molecular formula is C21H23N3O2S. The van der Waals surface area contributed by atoms with Crippen LogP contribution in [0.3, 0.4) is 0 Å². The lowest BCUT2D eigenvalue weighted by molar-refractivity contribution is -0.115. The maximum Gasteiger partial charge on any atom is 0.262 e. The molecule has 0 fully saturated rings. The molecule has 140 valence electrons. The molecule has 3 rings (SSSR count). The number of amides is 1. The smallest absolute Gasteiger partial charge is 0.262 e. The molecular weight excluding hydrogens is 358 g/mol. The average Bonchev–Trinajstić information content (AvgIpc) is 2.61. The molecule has 0 radical (unpaired) electrons. The van der Waals surface area contributed by atoms with Gasteiger partial charge in [0.25, 0.3) is 5.56 Å². The topological polar surface area (TPSA) is 64.0 Å². The number of anilines is 1. The quantitative estimate of drug-likeness (QED) is 0.514. The third-order valence-corrected chi connectivity index (χ3v) is 5.19. The molecule has 0 unspecified atom stereocenters. The summed E-state index contributed by atoms with van der Waals surface area (Å²) in [7, 11) is 0. The van der Waals surface area contributed by atoms with E-state index in [-0.39, 0.29) is 11.5 Å². The lowest BCUT2D eigenvalue weighted by Gasteiger charge is -2.11. The number of hydrogen-bond donors (Lipinski definition) is 1. The van der Waals surface area contributed by atoms with Gasteiger partial charge in [-0.05, 0) is 56.2 Å². The van der Waals surface area contributed by atoms with Gasteiger partial charge in [-0.25, -0.2) is 4.98 Å². The molecule has 0 aliphatic carbocycles. The van der Waals surface area contributed by atoms with Gasteiger partial charge in [0.1, 0.15) is 0 Å². The molecule has 0 saturated carbocycles. The summed E-state index contributed by atoms with van der Waals surface area (Å²) in [4.78, 5) is 29.5. The highest BCUT2D eigenvalue weighted by atomic mass is 32.2. The van der Waals surface area contributed by atoms with Crippen LogP contribution in [0.1, 0.15) is 24.5 Å². The molecule has 1 heterocycles. The number of hydrogen-bond acceptors (Lipinski definition) is 4. The van der Waals surface area contributed by atoms with Crippen molar-refractivity contribution in [2.45, 2.75) is 38.9 Å². The molecule has 27 heavy (non-hydrogen) atoms. The Morgan fingerprint density at radius 3 is 2.56 bits per heavy atom. The molecule has 0 spiro atoms. The van der Waals surface area contributed by atoms with Gasteiger partial charge in [-0.2, -0.15) is 0 Å². The summed E-state index contributed by atoms with van der Waals surface area (Å²) in [5, 5.41) is 4.21. The number of aryl methyl sites for hydroxylation is 2. The number of thioether (sulfide) groups is 1. The highest BCUT2D eigenvalue weighted by Gasteiger charge is 2.11. The van der Waals surface area contributed by atoms with E-state index in [0.717, 1.165) is 16.8 Å². The number of nitrogens with zero attached hydrogens (tertiary/aromatic N) is 2. The summed E-state index contributed by atoms with van der Waals surface area (Å²) in [6.07, 6.45) is 0.351. The number of para-hydroxylation sites is 1. The largest absolute Gasteiger partial charge is 0.326 e. The summed E-state index contributed by atoms with van der Waals surface area (Å²) in [5.41, 5.74) is 3.70. The van der Waals surface area contributed by atoms with Crippen LogP contribution in [0, 0.1) is 13.8 Å². The lowest BCUT2D eigenvalue weighted by atomic mass is 10.1. The fourth-order valence-corrected chi connectivity index (χ4v) is 4.04. The van der Waals surface area contributed by atoms with Crippen molar-refractivity contribution < 1.29 is 4.79 Å². The number of carbonyl (C=O) groups excluding carboxylic acids is 1. The van der Waals surface area contributed by atoms with Gasteiger partial charge in [0.15, 0.2) is 5.16 Å². The lowest BCUT2D eigenvalue weighted by Crippen LogP contribution is -2.22. The van der Waals surface area contributed by atoms with Crippen LogP contribution in [0.25, 0.3) is 10.9 Å². The second kappa shape index (κ2) is 8.39. The van der Waals surface area contributed by atoms with Gasteiger partial charge in [0.2, 0.25) is 5.91 Å². The molecule has 1 aromatic heterocycles. The molecule has 0 aliphatic heterocycles. The van der Waals surface area contributed by atoms with Gasteiger partial charge < -0.3 is 5.32 Å². The van der Waals surface area contributed by atoms with E-state index in [9.17, 15) is 9.59 Å². The van der Waals surface area contributed by atoms with Gasteiger partial charge >= 0.3 is 0 Å². The summed E-state index contributed by atoms with van der Waals surface area (Å²) in [6, 6.07) is 13.3. The van der Waals surface area contributed by atoms with Crippen molar-refractivity contribution in [3.63, 3.8) is 0 Å². The van der Waals surface area contributed by atoms with Gasteiger partial charge in [0, 0.05) is 24.4 Å². The molecule has 6 heteroatoms. The van der Waals surface area contributed by atoms with E-state index >= 15 is 0 Å². The number of nitrogens with one attached hydrogen (secondary N) is 1. The molecule has 3 aromatic rings. The van der Waals surface area contributed by atoms with E-state index in [1.807, 2.05) is 51.1 Å². The fourth-order valence-electron chi connectivity index (χ4n) is 3.04. The molecule has 0 bridgehead atoms. The molecule has 0 atom stereocenters. The minimum atomic E-state index is -0.0429. The predicted molar refractivity (Wildman–Crippen MR) is 112 cm³/mol. The van der Waals surface area contributed by atoms with E-state index in [2.05, 4.69) is 16.4 Å². The number of carbonyl (C=O) groups is 1. The van der Waals surface area contributed by atoms with Crippen molar-refractivity contribution >= 4 is 34.3 Å². The molecule has 2 aromatic carbocycles. The second-order valence-electron chi connectivity index (χ2n) is 6.48. The highest BCUT2D eigenvalue weighted by Crippen LogP contribution is 2.19. The molecule has 5 nitrogen and oxygen atoms in total. The van der Waals surface area contributed by atoms with E-state index < -0.39 is 0 Å². The third kappa shape index (κ3) is 4.57. The Kier molecular flexibility index (Phi) is 5.96.